The largest absolute Gasteiger partial charge is 0.491 e. The van der Waals surface area contributed by atoms with Crippen molar-refractivity contribution in [2.45, 2.75) is 51.4 Å². The molecule has 1 aliphatic heterocycles. The molecular formula is C21H27N3O3. The maximum absolute atomic E-state index is 13.2. The molecule has 1 atom stereocenters. The molecule has 2 aliphatic rings. The number of carbonyl (C=O) groups is 2. The lowest BCUT2D eigenvalue weighted by Crippen LogP contribution is -2.54. The van der Waals surface area contributed by atoms with Gasteiger partial charge < -0.3 is 15.8 Å². The number of nitriles is 1. The molecule has 0 bridgehead atoms. The normalized spacial score (nSPS) is 23.3. The third-order valence-electron chi connectivity index (χ3n) is 5.88. The van der Waals surface area contributed by atoms with Crippen LogP contribution in [0.5, 0.6) is 5.75 Å². The summed E-state index contributed by atoms with van der Waals surface area (Å²) >= 11 is 0. The molecule has 1 saturated carbocycles. The number of carbonyl (C=O) groups excluding carboxylic acids is 2. The van der Waals surface area contributed by atoms with Gasteiger partial charge in [0.25, 0.3) is 0 Å². The van der Waals surface area contributed by atoms with Crippen molar-refractivity contribution in [3.05, 3.63) is 23.8 Å². The highest BCUT2D eigenvalue weighted by Gasteiger charge is 2.48. The number of amides is 1. The second-order valence-corrected chi connectivity index (χ2v) is 7.69. The van der Waals surface area contributed by atoms with Crippen LogP contribution in [0.4, 0.5) is 5.69 Å². The predicted molar refractivity (Wildman–Crippen MR) is 102 cm³/mol. The quantitative estimate of drug-likeness (QED) is 0.592. The molecule has 1 amide bonds. The van der Waals surface area contributed by atoms with Crippen molar-refractivity contribution in [1.29, 1.82) is 5.26 Å². The topological polar surface area (TPSA) is 105 Å². The maximum Gasteiger partial charge on any atom is 0.237 e. The molecule has 1 heterocycles. The summed E-state index contributed by atoms with van der Waals surface area (Å²) in [6.45, 7) is 0.529. The zero-order valence-electron chi connectivity index (χ0n) is 15.6. The third kappa shape index (κ3) is 4.08. The van der Waals surface area contributed by atoms with Gasteiger partial charge in [0.2, 0.25) is 5.91 Å². The molecule has 2 fully saturated rings. The number of rotatable bonds is 6. The van der Waals surface area contributed by atoms with Gasteiger partial charge in [-0.3, -0.25) is 9.59 Å². The van der Waals surface area contributed by atoms with Crippen molar-refractivity contribution in [3.63, 3.8) is 0 Å². The summed E-state index contributed by atoms with van der Waals surface area (Å²) < 4.78 is 5.85. The Morgan fingerprint density at radius 1 is 1.30 bits per heavy atom. The van der Waals surface area contributed by atoms with Gasteiger partial charge in [0, 0.05) is 13.0 Å². The average molecular weight is 369 g/mol. The van der Waals surface area contributed by atoms with E-state index in [1.54, 1.807) is 18.2 Å². The van der Waals surface area contributed by atoms with E-state index in [0.29, 0.717) is 36.7 Å². The van der Waals surface area contributed by atoms with Crippen molar-refractivity contribution < 1.29 is 14.3 Å². The van der Waals surface area contributed by atoms with E-state index in [0.717, 1.165) is 32.1 Å². The van der Waals surface area contributed by atoms with Crippen LogP contribution in [0.3, 0.4) is 0 Å². The number of hydrogen-bond acceptors (Lipinski definition) is 5. The van der Waals surface area contributed by atoms with Gasteiger partial charge >= 0.3 is 0 Å². The number of nitrogens with two attached hydrogens (primary N) is 1. The van der Waals surface area contributed by atoms with Crippen LogP contribution in [0.25, 0.3) is 0 Å². The Bertz CT molecular complexity index is 750. The van der Waals surface area contributed by atoms with Gasteiger partial charge in [-0.25, -0.2) is 0 Å². The first-order chi connectivity index (χ1) is 13.1. The summed E-state index contributed by atoms with van der Waals surface area (Å²) in [6, 6.07) is 7.01. The second-order valence-electron chi connectivity index (χ2n) is 7.69. The van der Waals surface area contributed by atoms with Crippen molar-refractivity contribution >= 4 is 17.4 Å². The highest BCUT2D eigenvalue weighted by atomic mass is 16.5. The summed E-state index contributed by atoms with van der Waals surface area (Å²) in [6.07, 6.45) is 7.30. The van der Waals surface area contributed by atoms with E-state index in [1.165, 1.54) is 6.42 Å². The fourth-order valence-electron chi connectivity index (χ4n) is 4.20. The minimum atomic E-state index is -1.17. The monoisotopic (exact) mass is 369 g/mol. The first kappa shape index (κ1) is 19.2. The van der Waals surface area contributed by atoms with Crippen molar-refractivity contribution in [3.8, 4) is 11.8 Å². The Balaban J connectivity index is 1.79. The number of hydrogen-bond donors (Lipinski definition) is 2. The van der Waals surface area contributed by atoms with Gasteiger partial charge in [-0.15, -0.1) is 0 Å². The number of nitrogens with one attached hydrogen (secondary N) is 1. The zero-order chi connectivity index (χ0) is 19.3. The molecule has 6 heteroatoms. The number of ether oxygens (including phenoxy) is 1. The highest BCUT2D eigenvalue weighted by molar-refractivity contribution is 6.06. The first-order valence-electron chi connectivity index (χ1n) is 9.80. The molecule has 1 aliphatic carbocycles. The number of Topliss-reactive ketones (excluding diaryl/α,β-unsaturated/α-hetero) is 1. The van der Waals surface area contributed by atoms with Crippen LogP contribution >= 0.6 is 0 Å². The van der Waals surface area contributed by atoms with Crippen LogP contribution in [0.15, 0.2) is 18.2 Å². The first-order valence-corrected chi connectivity index (χ1v) is 9.80. The second kappa shape index (κ2) is 8.43. The molecule has 3 N–H and O–H groups in total. The van der Waals surface area contributed by atoms with Gasteiger partial charge in [-0.1, -0.05) is 38.2 Å². The number of nitrogen functional groups attached to an aromatic ring is 1. The van der Waals surface area contributed by atoms with Crippen LogP contribution in [-0.2, 0) is 9.59 Å². The average Bonchev–Trinajstić information content (AvgIpc) is 2.68. The van der Waals surface area contributed by atoms with Gasteiger partial charge in [0.1, 0.15) is 29.4 Å². The lowest BCUT2D eigenvalue weighted by molar-refractivity contribution is -0.147. The lowest BCUT2D eigenvalue weighted by atomic mass is 9.72. The van der Waals surface area contributed by atoms with Gasteiger partial charge in [-0.2, -0.15) is 5.26 Å². The van der Waals surface area contributed by atoms with E-state index in [1.807, 2.05) is 6.07 Å². The van der Waals surface area contributed by atoms with E-state index in [-0.39, 0.29) is 23.9 Å². The van der Waals surface area contributed by atoms with Crippen molar-refractivity contribution in [2.75, 3.05) is 18.9 Å². The molecule has 0 aromatic heterocycles. The Morgan fingerprint density at radius 3 is 2.78 bits per heavy atom. The van der Waals surface area contributed by atoms with Crippen molar-refractivity contribution in [2.24, 2.45) is 11.3 Å². The van der Waals surface area contributed by atoms with E-state index >= 15 is 0 Å². The summed E-state index contributed by atoms with van der Waals surface area (Å²) in [4.78, 5) is 26.0. The summed E-state index contributed by atoms with van der Waals surface area (Å²) in [5.74, 6) is 0.395. The fourth-order valence-corrected chi connectivity index (χ4v) is 4.20. The standard InChI is InChI=1S/C21H27N3O3/c22-13-16-17(23)8-4-9-18(16)27-14-21(10-5-11-24-20(21)26)19(25)12-15-6-2-1-3-7-15/h4,8-9,15H,1-3,5-7,10-12,14,23H2,(H,24,26). The SMILES string of the molecule is N#Cc1c(N)cccc1OCC1(C(=O)CC2CCCCC2)CCCNC1=O. The number of anilines is 1. The van der Waals surface area contributed by atoms with E-state index in [9.17, 15) is 14.9 Å². The fraction of sp³-hybridized carbons (Fsp3) is 0.571. The zero-order valence-corrected chi connectivity index (χ0v) is 15.6. The van der Waals surface area contributed by atoms with Gasteiger partial charge in [0.05, 0.1) is 5.69 Å². The van der Waals surface area contributed by atoms with E-state index in [4.69, 9.17) is 10.5 Å². The van der Waals surface area contributed by atoms with Gasteiger partial charge in [0.15, 0.2) is 5.78 Å². The van der Waals surface area contributed by atoms with E-state index in [2.05, 4.69) is 5.32 Å². The maximum atomic E-state index is 13.2. The van der Waals surface area contributed by atoms with Crippen LogP contribution < -0.4 is 15.8 Å². The summed E-state index contributed by atoms with van der Waals surface area (Å²) in [7, 11) is 0. The molecular weight excluding hydrogens is 342 g/mol. The molecule has 0 spiro atoms. The Kier molecular flexibility index (Phi) is 6.00. The molecule has 1 saturated heterocycles. The Hall–Kier alpha value is -2.55. The molecule has 1 aromatic carbocycles. The Morgan fingerprint density at radius 2 is 2.07 bits per heavy atom. The molecule has 1 aromatic rings. The number of nitrogens with zero attached hydrogens (tertiary/aromatic N) is 1. The van der Waals surface area contributed by atoms with Crippen LogP contribution in [0, 0.1) is 22.7 Å². The minimum Gasteiger partial charge on any atom is -0.491 e. The molecule has 27 heavy (non-hydrogen) atoms. The number of ketones is 1. The van der Waals surface area contributed by atoms with Gasteiger partial charge in [-0.05, 0) is 30.9 Å². The number of benzene rings is 1. The van der Waals surface area contributed by atoms with E-state index < -0.39 is 5.41 Å². The van der Waals surface area contributed by atoms with Crippen LogP contribution in [-0.4, -0.2) is 24.8 Å². The smallest absolute Gasteiger partial charge is 0.237 e. The molecule has 144 valence electrons. The summed E-state index contributed by atoms with van der Waals surface area (Å²) in [5, 5.41) is 12.2. The number of piperidine rings is 1. The molecule has 0 radical (unpaired) electrons. The Labute approximate surface area is 160 Å². The molecule has 3 rings (SSSR count). The predicted octanol–water partition coefficient (Wildman–Crippen LogP) is 2.96. The minimum absolute atomic E-state index is 0.0333. The third-order valence-corrected chi connectivity index (χ3v) is 5.88. The van der Waals surface area contributed by atoms with Crippen LogP contribution in [0.2, 0.25) is 0 Å². The van der Waals surface area contributed by atoms with Crippen molar-refractivity contribution in [1.82, 2.24) is 5.32 Å². The molecule has 1 unspecified atom stereocenters. The lowest BCUT2D eigenvalue weighted by Gasteiger charge is -2.36. The molecule has 6 nitrogen and oxygen atoms in total. The highest BCUT2D eigenvalue weighted by Crippen LogP contribution is 2.36. The summed E-state index contributed by atoms with van der Waals surface area (Å²) in [5.41, 5.74) is 5.23. The van der Waals surface area contributed by atoms with Crippen LogP contribution in [0.1, 0.15) is 56.9 Å².